The second kappa shape index (κ2) is 6.37. The van der Waals surface area contributed by atoms with Crippen LogP contribution in [0.3, 0.4) is 0 Å². The normalized spacial score (nSPS) is 11.6. The Kier molecular flexibility index (Phi) is 4.78. The van der Waals surface area contributed by atoms with Crippen molar-refractivity contribution in [2.24, 2.45) is 5.73 Å². The van der Waals surface area contributed by atoms with E-state index in [1.54, 1.807) is 11.3 Å². The molecule has 0 spiro atoms. The topological polar surface area (TPSA) is 48.1 Å². The molecule has 0 aliphatic carbocycles. The molecule has 0 saturated heterocycles. The van der Waals surface area contributed by atoms with Gasteiger partial charge in [-0.05, 0) is 30.7 Å². The van der Waals surface area contributed by atoms with Gasteiger partial charge < -0.3 is 10.5 Å². The van der Waals surface area contributed by atoms with Gasteiger partial charge in [-0.2, -0.15) is 0 Å². The van der Waals surface area contributed by atoms with E-state index in [-0.39, 0.29) is 5.41 Å². The van der Waals surface area contributed by atoms with Crippen LogP contribution in [-0.2, 0) is 5.41 Å². The minimum atomic E-state index is -0.0624. The van der Waals surface area contributed by atoms with Crippen LogP contribution in [-0.4, -0.2) is 18.1 Å². The monoisotopic (exact) mass is 290 g/mol. The zero-order chi connectivity index (χ0) is 14.6. The maximum absolute atomic E-state index is 5.80. The van der Waals surface area contributed by atoms with Crippen LogP contribution in [0.4, 0.5) is 0 Å². The maximum Gasteiger partial charge on any atom is 0.119 e. The molecule has 0 atom stereocenters. The molecule has 2 aromatic rings. The molecule has 0 radical (unpaired) electrons. The first kappa shape index (κ1) is 15.0. The lowest BCUT2D eigenvalue weighted by Gasteiger charge is -2.18. The van der Waals surface area contributed by atoms with Gasteiger partial charge in [-0.15, -0.1) is 11.3 Å². The minimum Gasteiger partial charge on any atom is -0.494 e. The van der Waals surface area contributed by atoms with Gasteiger partial charge >= 0.3 is 0 Å². The number of hydrogen-bond acceptors (Lipinski definition) is 4. The summed E-state index contributed by atoms with van der Waals surface area (Å²) in [5.41, 5.74) is 7.86. The Morgan fingerprint density at radius 3 is 2.55 bits per heavy atom. The summed E-state index contributed by atoms with van der Waals surface area (Å²) in [4.78, 5) is 4.71. The highest BCUT2D eigenvalue weighted by atomic mass is 32.1. The van der Waals surface area contributed by atoms with E-state index in [4.69, 9.17) is 15.5 Å². The fourth-order valence-corrected chi connectivity index (χ4v) is 2.71. The standard InChI is InChI=1S/C16H22N2OS/c1-4-9-19-13-7-5-12(6-8-13)14-10-20-15(18-14)16(2,3)11-17/h5-8,10H,4,9,11,17H2,1-3H3. The molecule has 1 aromatic heterocycles. The Hall–Kier alpha value is -1.39. The van der Waals surface area contributed by atoms with Crippen molar-refractivity contribution in [1.82, 2.24) is 4.98 Å². The van der Waals surface area contributed by atoms with Crippen LogP contribution in [0.2, 0.25) is 0 Å². The van der Waals surface area contributed by atoms with Crippen LogP contribution in [0.25, 0.3) is 11.3 Å². The van der Waals surface area contributed by atoms with E-state index in [1.165, 1.54) is 0 Å². The summed E-state index contributed by atoms with van der Waals surface area (Å²) in [6.07, 6.45) is 1.02. The van der Waals surface area contributed by atoms with Crippen molar-refractivity contribution in [3.63, 3.8) is 0 Å². The van der Waals surface area contributed by atoms with E-state index in [9.17, 15) is 0 Å². The van der Waals surface area contributed by atoms with E-state index in [1.807, 2.05) is 12.1 Å². The van der Waals surface area contributed by atoms with Gasteiger partial charge in [0.1, 0.15) is 10.8 Å². The molecular formula is C16H22N2OS. The predicted molar refractivity (Wildman–Crippen MR) is 85.4 cm³/mol. The SMILES string of the molecule is CCCOc1ccc(-c2csc(C(C)(C)CN)n2)cc1. The van der Waals surface area contributed by atoms with Crippen LogP contribution in [0.1, 0.15) is 32.2 Å². The van der Waals surface area contributed by atoms with Crippen molar-refractivity contribution in [2.75, 3.05) is 13.2 Å². The molecule has 2 N–H and O–H groups in total. The van der Waals surface area contributed by atoms with Crippen LogP contribution in [0.15, 0.2) is 29.6 Å². The Balaban J connectivity index is 2.16. The van der Waals surface area contributed by atoms with Crippen molar-refractivity contribution in [1.29, 1.82) is 0 Å². The maximum atomic E-state index is 5.80. The smallest absolute Gasteiger partial charge is 0.119 e. The summed E-state index contributed by atoms with van der Waals surface area (Å²) >= 11 is 1.67. The van der Waals surface area contributed by atoms with Crippen LogP contribution in [0.5, 0.6) is 5.75 Å². The molecule has 0 fully saturated rings. The summed E-state index contributed by atoms with van der Waals surface area (Å²) in [7, 11) is 0. The summed E-state index contributed by atoms with van der Waals surface area (Å²) in [5, 5.41) is 3.18. The molecule has 108 valence electrons. The van der Waals surface area contributed by atoms with Crippen molar-refractivity contribution >= 4 is 11.3 Å². The summed E-state index contributed by atoms with van der Waals surface area (Å²) in [6.45, 7) is 7.70. The number of nitrogens with two attached hydrogens (primary N) is 1. The lowest BCUT2D eigenvalue weighted by molar-refractivity contribution is 0.317. The first-order valence-corrected chi connectivity index (χ1v) is 7.84. The lowest BCUT2D eigenvalue weighted by atomic mass is 9.95. The lowest BCUT2D eigenvalue weighted by Crippen LogP contribution is -2.27. The molecule has 2 rings (SSSR count). The van der Waals surface area contributed by atoms with Gasteiger partial charge in [-0.1, -0.05) is 20.8 Å². The first-order chi connectivity index (χ1) is 9.56. The largest absolute Gasteiger partial charge is 0.494 e. The Bertz CT molecular complexity index is 546. The Morgan fingerprint density at radius 2 is 1.95 bits per heavy atom. The number of thiazole rings is 1. The van der Waals surface area contributed by atoms with Gasteiger partial charge in [0.25, 0.3) is 0 Å². The summed E-state index contributed by atoms with van der Waals surface area (Å²) in [6, 6.07) is 8.11. The van der Waals surface area contributed by atoms with Crippen molar-refractivity contribution in [2.45, 2.75) is 32.6 Å². The van der Waals surface area contributed by atoms with E-state index < -0.39 is 0 Å². The van der Waals surface area contributed by atoms with Gasteiger partial charge in [-0.25, -0.2) is 4.98 Å². The minimum absolute atomic E-state index is 0.0624. The molecule has 0 amide bonds. The Morgan fingerprint density at radius 1 is 1.25 bits per heavy atom. The van der Waals surface area contributed by atoms with Crippen LogP contribution < -0.4 is 10.5 Å². The van der Waals surface area contributed by atoms with Crippen molar-refractivity contribution < 1.29 is 4.74 Å². The number of nitrogens with zero attached hydrogens (tertiary/aromatic N) is 1. The molecule has 0 aliphatic rings. The fraction of sp³-hybridized carbons (Fsp3) is 0.438. The second-order valence-electron chi connectivity index (χ2n) is 5.50. The van der Waals surface area contributed by atoms with Gasteiger partial charge in [-0.3, -0.25) is 0 Å². The highest BCUT2D eigenvalue weighted by Gasteiger charge is 2.22. The van der Waals surface area contributed by atoms with Gasteiger partial charge in [0.05, 0.1) is 12.3 Å². The molecule has 0 unspecified atom stereocenters. The molecule has 1 aromatic carbocycles. The molecule has 4 heteroatoms. The number of aromatic nitrogens is 1. The van der Waals surface area contributed by atoms with E-state index in [0.717, 1.165) is 35.0 Å². The van der Waals surface area contributed by atoms with E-state index in [2.05, 4.69) is 38.3 Å². The molecule has 1 heterocycles. The second-order valence-corrected chi connectivity index (χ2v) is 6.36. The zero-order valence-electron chi connectivity index (χ0n) is 12.3. The average Bonchev–Trinajstić information content (AvgIpc) is 2.96. The Labute approximate surface area is 124 Å². The highest BCUT2D eigenvalue weighted by Crippen LogP contribution is 2.30. The van der Waals surface area contributed by atoms with Crippen LogP contribution >= 0.6 is 11.3 Å². The molecule has 0 saturated carbocycles. The number of rotatable bonds is 6. The predicted octanol–water partition coefficient (Wildman–Crippen LogP) is 3.84. The van der Waals surface area contributed by atoms with Crippen molar-refractivity contribution in [3.05, 3.63) is 34.7 Å². The molecule has 0 bridgehead atoms. The third-order valence-corrected chi connectivity index (χ3v) is 4.42. The molecular weight excluding hydrogens is 268 g/mol. The molecule has 20 heavy (non-hydrogen) atoms. The van der Waals surface area contributed by atoms with Gasteiger partial charge in [0, 0.05) is 22.9 Å². The van der Waals surface area contributed by atoms with Gasteiger partial charge in [0.2, 0.25) is 0 Å². The van der Waals surface area contributed by atoms with E-state index >= 15 is 0 Å². The van der Waals surface area contributed by atoms with Gasteiger partial charge in [0.15, 0.2) is 0 Å². The third-order valence-electron chi connectivity index (χ3n) is 3.22. The fourth-order valence-electron chi connectivity index (χ4n) is 1.75. The first-order valence-electron chi connectivity index (χ1n) is 6.96. The zero-order valence-corrected chi connectivity index (χ0v) is 13.2. The number of benzene rings is 1. The number of ether oxygens (including phenoxy) is 1. The quantitative estimate of drug-likeness (QED) is 0.879. The molecule has 3 nitrogen and oxygen atoms in total. The van der Waals surface area contributed by atoms with Crippen LogP contribution in [0, 0.1) is 0 Å². The summed E-state index contributed by atoms with van der Waals surface area (Å²) < 4.78 is 5.59. The number of hydrogen-bond donors (Lipinski definition) is 1. The average molecular weight is 290 g/mol. The summed E-state index contributed by atoms with van der Waals surface area (Å²) in [5.74, 6) is 0.911. The highest BCUT2D eigenvalue weighted by molar-refractivity contribution is 7.10. The van der Waals surface area contributed by atoms with Crippen molar-refractivity contribution in [3.8, 4) is 17.0 Å². The molecule has 0 aliphatic heterocycles. The third kappa shape index (κ3) is 3.38. The van der Waals surface area contributed by atoms with E-state index in [0.29, 0.717) is 6.54 Å².